The van der Waals surface area contributed by atoms with Gasteiger partial charge in [0.2, 0.25) is 0 Å². The standard InChI is InChI=1S/C16H21N3O3S2/c1-5-19(12-6-7-24(21,22)8-12)16(20)14-9(2)13-10(3)17-11(4)18-15(13)23-14/h12H,5-8H2,1-4H3. The Morgan fingerprint density at radius 2 is 2.00 bits per heavy atom. The predicted octanol–water partition coefficient (Wildman–Crippen LogP) is 2.27. The maximum absolute atomic E-state index is 13.1. The number of carbonyl (C=O) groups excluding carboxylic acids is 1. The Hall–Kier alpha value is -1.54. The van der Waals surface area contributed by atoms with Crippen molar-refractivity contribution in [1.29, 1.82) is 0 Å². The van der Waals surface area contributed by atoms with Crippen molar-refractivity contribution < 1.29 is 13.2 Å². The number of hydrogen-bond donors (Lipinski definition) is 0. The largest absolute Gasteiger partial charge is 0.334 e. The van der Waals surface area contributed by atoms with Crippen molar-refractivity contribution in [2.75, 3.05) is 18.1 Å². The third-order valence-electron chi connectivity index (χ3n) is 4.53. The van der Waals surface area contributed by atoms with E-state index in [2.05, 4.69) is 9.97 Å². The molecule has 1 unspecified atom stereocenters. The summed E-state index contributed by atoms with van der Waals surface area (Å²) in [5.41, 5.74) is 1.76. The van der Waals surface area contributed by atoms with Crippen molar-refractivity contribution in [1.82, 2.24) is 14.9 Å². The summed E-state index contributed by atoms with van der Waals surface area (Å²) in [4.78, 5) is 25.0. The number of hydrogen-bond acceptors (Lipinski definition) is 6. The lowest BCUT2D eigenvalue weighted by Crippen LogP contribution is -2.40. The molecule has 0 aliphatic carbocycles. The smallest absolute Gasteiger partial charge is 0.264 e. The molecule has 1 amide bonds. The number of carbonyl (C=O) groups is 1. The molecule has 0 N–H and O–H groups in total. The van der Waals surface area contributed by atoms with E-state index >= 15 is 0 Å². The summed E-state index contributed by atoms with van der Waals surface area (Å²) >= 11 is 1.37. The molecule has 0 radical (unpaired) electrons. The summed E-state index contributed by atoms with van der Waals surface area (Å²) in [5, 5.41) is 0.934. The molecular formula is C16H21N3O3S2. The highest BCUT2D eigenvalue weighted by Crippen LogP contribution is 2.33. The minimum atomic E-state index is -3.03. The Kier molecular flexibility index (Phi) is 4.37. The second kappa shape index (κ2) is 6.07. The molecule has 0 spiro atoms. The maximum atomic E-state index is 13.1. The van der Waals surface area contributed by atoms with Crippen LogP contribution in [-0.4, -0.2) is 53.3 Å². The fourth-order valence-corrected chi connectivity index (χ4v) is 6.36. The molecule has 1 aliphatic heterocycles. The summed E-state index contributed by atoms with van der Waals surface area (Å²) in [5.74, 6) is 0.817. The van der Waals surface area contributed by atoms with E-state index in [0.29, 0.717) is 23.7 Å². The van der Waals surface area contributed by atoms with E-state index in [1.165, 1.54) is 11.3 Å². The summed E-state index contributed by atoms with van der Waals surface area (Å²) in [6.45, 7) is 8.06. The van der Waals surface area contributed by atoms with Gasteiger partial charge in [-0.1, -0.05) is 0 Å². The molecule has 130 valence electrons. The molecule has 0 saturated carbocycles. The maximum Gasteiger partial charge on any atom is 0.264 e. The van der Waals surface area contributed by atoms with E-state index in [1.54, 1.807) is 4.90 Å². The van der Waals surface area contributed by atoms with Crippen molar-refractivity contribution in [3.8, 4) is 0 Å². The monoisotopic (exact) mass is 367 g/mol. The highest BCUT2D eigenvalue weighted by atomic mass is 32.2. The molecule has 1 saturated heterocycles. The Morgan fingerprint density at radius 3 is 2.58 bits per heavy atom. The average Bonchev–Trinajstić information content (AvgIpc) is 3.00. The molecule has 1 atom stereocenters. The Morgan fingerprint density at radius 1 is 1.29 bits per heavy atom. The second-order valence-corrected chi connectivity index (χ2v) is 9.47. The first-order chi connectivity index (χ1) is 11.2. The molecular weight excluding hydrogens is 346 g/mol. The third kappa shape index (κ3) is 2.93. The number of thiophene rings is 1. The summed E-state index contributed by atoms with van der Waals surface area (Å²) < 4.78 is 23.5. The minimum Gasteiger partial charge on any atom is -0.334 e. The lowest BCUT2D eigenvalue weighted by molar-refractivity contribution is 0.0713. The summed E-state index contributed by atoms with van der Waals surface area (Å²) in [6, 6.07) is -0.231. The van der Waals surface area contributed by atoms with Crippen molar-refractivity contribution in [3.63, 3.8) is 0 Å². The molecule has 1 fully saturated rings. The lowest BCUT2D eigenvalue weighted by atomic mass is 10.1. The van der Waals surface area contributed by atoms with Gasteiger partial charge in [0.25, 0.3) is 5.91 Å². The average molecular weight is 367 g/mol. The van der Waals surface area contributed by atoms with Gasteiger partial charge in [0, 0.05) is 23.7 Å². The highest BCUT2D eigenvalue weighted by molar-refractivity contribution is 7.91. The fourth-order valence-electron chi connectivity index (χ4n) is 3.40. The van der Waals surface area contributed by atoms with Gasteiger partial charge in [-0.2, -0.15) is 0 Å². The second-order valence-electron chi connectivity index (χ2n) is 6.24. The van der Waals surface area contributed by atoms with Crippen molar-refractivity contribution in [2.45, 2.75) is 40.2 Å². The lowest BCUT2D eigenvalue weighted by Gasteiger charge is -2.26. The van der Waals surface area contributed by atoms with Gasteiger partial charge < -0.3 is 4.90 Å². The molecule has 8 heteroatoms. The van der Waals surface area contributed by atoms with Gasteiger partial charge in [0.1, 0.15) is 10.7 Å². The van der Waals surface area contributed by atoms with Gasteiger partial charge in [0.15, 0.2) is 9.84 Å². The Bertz CT molecular complexity index is 918. The molecule has 24 heavy (non-hydrogen) atoms. The number of rotatable bonds is 3. The molecule has 1 aliphatic rings. The number of amides is 1. The van der Waals surface area contributed by atoms with Gasteiger partial charge in [0.05, 0.1) is 16.4 Å². The first-order valence-electron chi connectivity index (χ1n) is 7.99. The molecule has 6 nitrogen and oxygen atoms in total. The van der Waals surface area contributed by atoms with E-state index < -0.39 is 9.84 Å². The molecule has 3 heterocycles. The zero-order valence-corrected chi connectivity index (χ0v) is 15.9. The highest BCUT2D eigenvalue weighted by Gasteiger charge is 2.35. The van der Waals surface area contributed by atoms with Crippen molar-refractivity contribution in [3.05, 3.63) is 22.0 Å². The van der Waals surface area contributed by atoms with Crippen LogP contribution in [-0.2, 0) is 9.84 Å². The van der Waals surface area contributed by atoms with Crippen LogP contribution in [0.4, 0.5) is 0 Å². The predicted molar refractivity (Wildman–Crippen MR) is 95.4 cm³/mol. The van der Waals surface area contributed by atoms with E-state index in [-0.39, 0.29) is 23.5 Å². The molecule has 0 bridgehead atoms. The number of sulfone groups is 1. The topological polar surface area (TPSA) is 80.2 Å². The van der Waals surface area contributed by atoms with Crippen LogP contribution < -0.4 is 0 Å². The third-order valence-corrected chi connectivity index (χ3v) is 7.45. The quantitative estimate of drug-likeness (QED) is 0.831. The van der Waals surface area contributed by atoms with E-state index in [4.69, 9.17) is 0 Å². The molecule has 2 aromatic heterocycles. The normalized spacial score (nSPS) is 19.8. The minimum absolute atomic E-state index is 0.0640. The van der Waals surface area contributed by atoms with E-state index in [9.17, 15) is 13.2 Å². The van der Waals surface area contributed by atoms with Crippen LogP contribution in [0.1, 0.15) is 40.1 Å². The van der Waals surface area contributed by atoms with Crippen LogP contribution in [0.25, 0.3) is 10.2 Å². The van der Waals surface area contributed by atoms with Crippen LogP contribution in [0.15, 0.2) is 0 Å². The van der Waals surface area contributed by atoms with Crippen LogP contribution in [0.5, 0.6) is 0 Å². The zero-order valence-electron chi connectivity index (χ0n) is 14.3. The Labute approximate surface area is 145 Å². The van der Waals surface area contributed by atoms with Gasteiger partial charge in [-0.05, 0) is 39.7 Å². The van der Waals surface area contributed by atoms with E-state index in [1.807, 2.05) is 27.7 Å². The van der Waals surface area contributed by atoms with Crippen LogP contribution in [0.3, 0.4) is 0 Å². The van der Waals surface area contributed by atoms with Gasteiger partial charge in [-0.25, -0.2) is 18.4 Å². The van der Waals surface area contributed by atoms with Gasteiger partial charge in [-0.3, -0.25) is 4.79 Å². The van der Waals surface area contributed by atoms with E-state index in [0.717, 1.165) is 21.5 Å². The summed E-state index contributed by atoms with van der Waals surface area (Å²) in [6.07, 6.45) is 0.518. The molecule has 3 rings (SSSR count). The van der Waals surface area contributed by atoms with Gasteiger partial charge in [-0.15, -0.1) is 11.3 Å². The first-order valence-corrected chi connectivity index (χ1v) is 10.6. The molecule has 0 aromatic carbocycles. The molecule has 2 aromatic rings. The number of nitrogens with zero attached hydrogens (tertiary/aromatic N) is 3. The zero-order chi connectivity index (χ0) is 17.6. The van der Waals surface area contributed by atoms with Crippen LogP contribution in [0.2, 0.25) is 0 Å². The number of aryl methyl sites for hydroxylation is 3. The summed E-state index contributed by atoms with van der Waals surface area (Å²) in [7, 11) is -3.03. The van der Waals surface area contributed by atoms with Crippen LogP contribution >= 0.6 is 11.3 Å². The van der Waals surface area contributed by atoms with Crippen LogP contribution in [0, 0.1) is 20.8 Å². The van der Waals surface area contributed by atoms with Crippen molar-refractivity contribution >= 4 is 37.3 Å². The number of fused-ring (bicyclic) bond motifs is 1. The Balaban J connectivity index is 2.01. The SMILES string of the molecule is CCN(C(=O)c1sc2nc(C)nc(C)c2c1C)C1CCS(=O)(=O)C1. The first kappa shape index (κ1) is 17.3. The number of aromatic nitrogens is 2. The van der Waals surface area contributed by atoms with Gasteiger partial charge >= 0.3 is 0 Å². The van der Waals surface area contributed by atoms with Crippen molar-refractivity contribution in [2.24, 2.45) is 0 Å². The fraction of sp³-hybridized carbons (Fsp3) is 0.562.